The Morgan fingerprint density at radius 1 is 0.724 bits per heavy atom. The van der Waals surface area contributed by atoms with E-state index in [1.165, 1.54) is 18.2 Å². The van der Waals surface area contributed by atoms with Crippen LogP contribution < -0.4 is 5.30 Å². The molecule has 0 amide bonds. The van der Waals surface area contributed by atoms with E-state index in [0.29, 0.717) is 5.56 Å². The maximum atomic E-state index is 13.0. The standard InChI is InChI=1S/C20H10Cl5O3P/c21-12-7-4-8-13(22)15(12)20(27)29(28)19-14(23)9-11(16(24)17(19)25)18(26)10-5-2-1-3-6-10/h1-9,29H. The number of hydrogen-bond donors (Lipinski definition) is 0. The van der Waals surface area contributed by atoms with Gasteiger partial charge in [0.15, 0.2) is 13.6 Å². The first-order chi connectivity index (χ1) is 13.7. The second-order valence-corrected chi connectivity index (χ2v) is 9.45. The molecule has 1 unspecified atom stereocenters. The summed E-state index contributed by atoms with van der Waals surface area (Å²) in [4.78, 5) is 25.5. The van der Waals surface area contributed by atoms with Crippen LogP contribution in [0.3, 0.4) is 0 Å². The van der Waals surface area contributed by atoms with Crippen molar-refractivity contribution in [3.63, 3.8) is 0 Å². The summed E-state index contributed by atoms with van der Waals surface area (Å²) in [6.07, 6.45) is 0. The van der Waals surface area contributed by atoms with E-state index in [9.17, 15) is 14.2 Å². The average molecular weight is 507 g/mol. The van der Waals surface area contributed by atoms with E-state index in [-0.39, 0.29) is 41.5 Å². The fourth-order valence-corrected chi connectivity index (χ4v) is 6.00. The molecular formula is C20H10Cl5O3P. The Morgan fingerprint density at radius 2 is 1.31 bits per heavy atom. The normalized spacial score (nSPS) is 11.9. The molecule has 0 aliphatic rings. The minimum atomic E-state index is -3.25. The Balaban J connectivity index is 2.08. The molecule has 3 aromatic carbocycles. The molecule has 29 heavy (non-hydrogen) atoms. The summed E-state index contributed by atoms with van der Waals surface area (Å²) in [7, 11) is -3.25. The zero-order chi connectivity index (χ0) is 21.3. The molecule has 0 aliphatic heterocycles. The van der Waals surface area contributed by atoms with Gasteiger partial charge in [0, 0.05) is 11.1 Å². The largest absolute Gasteiger partial charge is 0.313 e. The van der Waals surface area contributed by atoms with Gasteiger partial charge in [-0.2, -0.15) is 0 Å². The van der Waals surface area contributed by atoms with Gasteiger partial charge in [-0.3, -0.25) is 9.59 Å². The van der Waals surface area contributed by atoms with E-state index >= 15 is 0 Å². The maximum Gasteiger partial charge on any atom is 0.225 e. The van der Waals surface area contributed by atoms with Crippen LogP contribution in [0.1, 0.15) is 26.3 Å². The lowest BCUT2D eigenvalue weighted by Gasteiger charge is -2.13. The second kappa shape index (κ2) is 9.22. The molecular weight excluding hydrogens is 496 g/mol. The van der Waals surface area contributed by atoms with Gasteiger partial charge >= 0.3 is 0 Å². The van der Waals surface area contributed by atoms with Crippen LogP contribution in [0, 0.1) is 0 Å². The minimum absolute atomic E-state index is 0.0367. The summed E-state index contributed by atoms with van der Waals surface area (Å²) in [5, 5.41) is -0.520. The van der Waals surface area contributed by atoms with Crippen LogP contribution in [0.25, 0.3) is 0 Å². The molecule has 0 fully saturated rings. The monoisotopic (exact) mass is 504 g/mol. The summed E-state index contributed by atoms with van der Waals surface area (Å²) < 4.78 is 13.0. The topological polar surface area (TPSA) is 51.2 Å². The van der Waals surface area contributed by atoms with Gasteiger partial charge in [-0.05, 0) is 18.2 Å². The number of carbonyl (C=O) groups is 2. The first kappa shape index (κ1) is 22.4. The van der Waals surface area contributed by atoms with Gasteiger partial charge in [0.1, 0.15) is 0 Å². The molecule has 3 nitrogen and oxygen atoms in total. The molecule has 0 heterocycles. The Labute approximate surface area is 192 Å². The Hall–Kier alpha value is -1.32. The van der Waals surface area contributed by atoms with Crippen molar-refractivity contribution in [3.8, 4) is 0 Å². The van der Waals surface area contributed by atoms with E-state index in [0.717, 1.165) is 0 Å². The van der Waals surface area contributed by atoms with Crippen molar-refractivity contribution in [2.75, 3.05) is 0 Å². The molecule has 0 N–H and O–H groups in total. The molecule has 9 heteroatoms. The predicted molar refractivity (Wildman–Crippen MR) is 121 cm³/mol. The highest BCUT2D eigenvalue weighted by Crippen LogP contribution is 2.41. The number of halogens is 5. The lowest BCUT2D eigenvalue weighted by atomic mass is 10.0. The fraction of sp³-hybridized carbons (Fsp3) is 0. The van der Waals surface area contributed by atoms with Gasteiger partial charge in [-0.25, -0.2) is 0 Å². The number of benzene rings is 3. The van der Waals surface area contributed by atoms with Gasteiger partial charge in [0.05, 0.1) is 36.0 Å². The molecule has 1 atom stereocenters. The van der Waals surface area contributed by atoms with Crippen LogP contribution in [-0.2, 0) is 4.57 Å². The van der Waals surface area contributed by atoms with Crippen molar-refractivity contribution < 1.29 is 14.2 Å². The van der Waals surface area contributed by atoms with Gasteiger partial charge in [-0.15, -0.1) is 0 Å². The van der Waals surface area contributed by atoms with Crippen molar-refractivity contribution >= 4 is 82.4 Å². The third kappa shape index (κ3) is 4.41. The van der Waals surface area contributed by atoms with Crippen LogP contribution in [-0.4, -0.2) is 11.3 Å². The van der Waals surface area contributed by atoms with E-state index in [1.807, 2.05) is 0 Å². The van der Waals surface area contributed by atoms with Crippen LogP contribution >= 0.6 is 65.8 Å². The lowest BCUT2D eigenvalue weighted by molar-refractivity contribution is 0.103. The third-order valence-corrected chi connectivity index (χ3v) is 7.81. The van der Waals surface area contributed by atoms with Crippen molar-refractivity contribution in [1.29, 1.82) is 0 Å². The van der Waals surface area contributed by atoms with Gasteiger partial charge in [0.2, 0.25) is 5.52 Å². The molecule has 0 aromatic heterocycles. The molecule has 0 saturated carbocycles. The fourth-order valence-electron chi connectivity index (χ4n) is 2.66. The highest BCUT2D eigenvalue weighted by Gasteiger charge is 2.28. The summed E-state index contributed by atoms with van der Waals surface area (Å²) in [5.74, 6) is -0.411. The molecule has 0 aliphatic carbocycles. The summed E-state index contributed by atoms with van der Waals surface area (Å²) in [5.41, 5.74) is -0.490. The highest BCUT2D eigenvalue weighted by molar-refractivity contribution is 7.72. The molecule has 3 aromatic rings. The Morgan fingerprint density at radius 3 is 1.90 bits per heavy atom. The van der Waals surface area contributed by atoms with Crippen molar-refractivity contribution in [1.82, 2.24) is 0 Å². The van der Waals surface area contributed by atoms with Crippen LogP contribution in [0.2, 0.25) is 25.1 Å². The molecule has 148 valence electrons. The molecule has 0 radical (unpaired) electrons. The van der Waals surface area contributed by atoms with E-state index in [2.05, 4.69) is 0 Å². The summed E-state index contributed by atoms with van der Waals surface area (Å²) in [6.45, 7) is 0. The van der Waals surface area contributed by atoms with Crippen molar-refractivity contribution in [3.05, 3.63) is 96.4 Å². The number of hydrogen-bond acceptors (Lipinski definition) is 3. The van der Waals surface area contributed by atoms with Crippen molar-refractivity contribution in [2.45, 2.75) is 0 Å². The van der Waals surface area contributed by atoms with Crippen LogP contribution in [0.5, 0.6) is 0 Å². The first-order valence-corrected chi connectivity index (χ1v) is 11.3. The molecule has 0 bridgehead atoms. The Kier molecular flexibility index (Phi) is 7.11. The zero-order valence-electron chi connectivity index (χ0n) is 14.3. The molecule has 0 spiro atoms. The average Bonchev–Trinajstić information content (AvgIpc) is 2.70. The lowest BCUT2D eigenvalue weighted by Crippen LogP contribution is -2.12. The van der Waals surface area contributed by atoms with Crippen LogP contribution in [0.4, 0.5) is 0 Å². The smallest absolute Gasteiger partial charge is 0.225 e. The maximum absolute atomic E-state index is 13.0. The Bertz CT molecular complexity index is 1140. The second-order valence-electron chi connectivity index (χ2n) is 5.86. The van der Waals surface area contributed by atoms with Crippen molar-refractivity contribution in [2.24, 2.45) is 0 Å². The predicted octanol–water partition coefficient (Wildman–Crippen LogP) is 7.21. The highest BCUT2D eigenvalue weighted by atomic mass is 35.5. The molecule has 3 rings (SSSR count). The quantitative estimate of drug-likeness (QED) is 0.209. The zero-order valence-corrected chi connectivity index (χ0v) is 19.1. The number of carbonyl (C=O) groups excluding carboxylic acids is 2. The van der Waals surface area contributed by atoms with Gasteiger partial charge in [0.25, 0.3) is 0 Å². The van der Waals surface area contributed by atoms with E-state index in [1.54, 1.807) is 36.4 Å². The van der Waals surface area contributed by atoms with Crippen LogP contribution in [0.15, 0.2) is 54.6 Å². The van der Waals surface area contributed by atoms with E-state index in [4.69, 9.17) is 58.0 Å². The minimum Gasteiger partial charge on any atom is -0.313 e. The third-order valence-electron chi connectivity index (χ3n) is 4.06. The number of rotatable bonds is 5. The summed E-state index contributed by atoms with van der Waals surface area (Å²) in [6, 6.07) is 14.1. The van der Waals surface area contributed by atoms with Gasteiger partial charge in [-0.1, -0.05) is 94.4 Å². The molecule has 0 saturated heterocycles. The number of ketones is 1. The SMILES string of the molecule is O=C(c1ccccc1)c1cc(Cl)c([PH](=O)C(=O)c2c(Cl)cccc2Cl)c(Cl)c1Cl. The van der Waals surface area contributed by atoms with Gasteiger partial charge < -0.3 is 4.57 Å². The van der Waals surface area contributed by atoms with E-state index < -0.39 is 19.1 Å². The first-order valence-electron chi connectivity index (χ1n) is 8.04. The summed E-state index contributed by atoms with van der Waals surface area (Å²) >= 11 is 30.9.